The van der Waals surface area contributed by atoms with Crippen molar-refractivity contribution in [2.24, 2.45) is 0 Å². The van der Waals surface area contributed by atoms with Crippen LogP contribution in [0, 0.1) is 0 Å². The molecular weight excluding hydrogens is 302 g/mol. The van der Waals surface area contributed by atoms with E-state index in [9.17, 15) is 4.79 Å². The molecule has 0 aromatic heterocycles. The van der Waals surface area contributed by atoms with Crippen molar-refractivity contribution in [1.82, 2.24) is 0 Å². The monoisotopic (exact) mass is 315 g/mol. The molecule has 0 saturated heterocycles. The number of hydrogen-bond acceptors (Lipinski definition) is 3. The van der Waals surface area contributed by atoms with Crippen LogP contribution in [0.1, 0.15) is 18.4 Å². The van der Waals surface area contributed by atoms with Crippen LogP contribution in [0.3, 0.4) is 0 Å². The smallest absolute Gasteiger partial charge is 0.235 e. The Hall–Kier alpha value is -2.20. The largest absolute Gasteiger partial charge is 0.454 e. The van der Waals surface area contributed by atoms with Gasteiger partial charge in [-0.05, 0) is 36.6 Å². The third-order valence-electron chi connectivity index (χ3n) is 4.20. The number of ether oxygens (including phenoxy) is 2. The van der Waals surface area contributed by atoms with Gasteiger partial charge in [0, 0.05) is 16.8 Å². The Kier molecular flexibility index (Phi) is 3.01. The molecule has 0 unspecified atom stereocenters. The summed E-state index contributed by atoms with van der Waals surface area (Å²) in [5, 5.41) is 3.61. The van der Waals surface area contributed by atoms with Crippen LogP contribution in [-0.4, -0.2) is 12.7 Å². The maximum atomic E-state index is 12.7. The number of amides is 1. The van der Waals surface area contributed by atoms with Crippen LogP contribution in [0.4, 0.5) is 5.69 Å². The van der Waals surface area contributed by atoms with Crippen LogP contribution in [-0.2, 0) is 10.2 Å². The number of anilines is 1. The number of rotatable bonds is 3. The van der Waals surface area contributed by atoms with E-state index < -0.39 is 5.41 Å². The van der Waals surface area contributed by atoms with Crippen LogP contribution in [0.15, 0.2) is 42.5 Å². The molecule has 2 aromatic carbocycles. The van der Waals surface area contributed by atoms with E-state index in [2.05, 4.69) is 5.32 Å². The second-order valence-corrected chi connectivity index (χ2v) is 5.99. The summed E-state index contributed by atoms with van der Waals surface area (Å²) in [6.45, 7) is 0.219. The summed E-state index contributed by atoms with van der Waals surface area (Å²) in [7, 11) is 0. The molecule has 1 N–H and O–H groups in total. The summed E-state index contributed by atoms with van der Waals surface area (Å²) in [6.07, 6.45) is 1.63. The summed E-state index contributed by atoms with van der Waals surface area (Å²) < 4.78 is 10.6. The van der Waals surface area contributed by atoms with Crippen LogP contribution < -0.4 is 14.8 Å². The summed E-state index contributed by atoms with van der Waals surface area (Å²) in [5.74, 6) is 1.32. The van der Waals surface area contributed by atoms with Gasteiger partial charge in [-0.3, -0.25) is 4.79 Å². The van der Waals surface area contributed by atoms with Crippen LogP contribution in [0.2, 0.25) is 5.02 Å². The molecule has 1 amide bonds. The number of hydrogen-bond donors (Lipinski definition) is 1. The highest BCUT2D eigenvalue weighted by Gasteiger charge is 2.52. The van der Waals surface area contributed by atoms with Crippen LogP contribution in [0.5, 0.6) is 11.5 Å². The molecule has 0 spiro atoms. The zero-order valence-corrected chi connectivity index (χ0v) is 12.5. The highest BCUT2D eigenvalue weighted by molar-refractivity contribution is 6.32. The third kappa shape index (κ3) is 2.11. The Labute approximate surface area is 133 Å². The molecule has 4 rings (SSSR count). The molecule has 112 valence electrons. The lowest BCUT2D eigenvalue weighted by Crippen LogP contribution is -2.28. The number of halogens is 1. The van der Waals surface area contributed by atoms with Crippen LogP contribution >= 0.6 is 11.6 Å². The first-order chi connectivity index (χ1) is 10.7. The van der Waals surface area contributed by atoms with E-state index in [0.717, 1.165) is 18.4 Å². The van der Waals surface area contributed by atoms with Crippen molar-refractivity contribution >= 4 is 23.2 Å². The molecule has 0 atom stereocenters. The molecule has 4 nitrogen and oxygen atoms in total. The molecule has 1 heterocycles. The van der Waals surface area contributed by atoms with Gasteiger partial charge in [0.2, 0.25) is 12.7 Å². The van der Waals surface area contributed by atoms with E-state index in [-0.39, 0.29) is 12.7 Å². The van der Waals surface area contributed by atoms with Gasteiger partial charge in [-0.15, -0.1) is 0 Å². The lowest BCUT2D eigenvalue weighted by atomic mass is 9.95. The molecule has 2 aliphatic rings. The first-order valence-corrected chi connectivity index (χ1v) is 7.53. The molecule has 0 bridgehead atoms. The normalized spacial score (nSPS) is 17.1. The molecular formula is C17H14ClNO3. The Morgan fingerprint density at radius 1 is 1.09 bits per heavy atom. The predicted molar refractivity (Wildman–Crippen MR) is 83.6 cm³/mol. The maximum Gasteiger partial charge on any atom is 0.235 e. The molecule has 0 radical (unpaired) electrons. The minimum atomic E-state index is -0.505. The van der Waals surface area contributed by atoms with E-state index in [0.29, 0.717) is 22.2 Å². The van der Waals surface area contributed by atoms with Gasteiger partial charge in [-0.1, -0.05) is 29.8 Å². The molecule has 1 aliphatic heterocycles. The third-order valence-corrected chi connectivity index (χ3v) is 4.53. The van der Waals surface area contributed by atoms with Gasteiger partial charge in [-0.25, -0.2) is 0 Å². The van der Waals surface area contributed by atoms with E-state index >= 15 is 0 Å². The summed E-state index contributed by atoms with van der Waals surface area (Å²) in [5.41, 5.74) is 1.09. The van der Waals surface area contributed by atoms with Gasteiger partial charge in [0.15, 0.2) is 11.5 Å². The van der Waals surface area contributed by atoms with Crippen molar-refractivity contribution in [3.05, 3.63) is 53.1 Å². The van der Waals surface area contributed by atoms with Crippen molar-refractivity contribution < 1.29 is 14.3 Å². The van der Waals surface area contributed by atoms with E-state index in [1.54, 1.807) is 12.1 Å². The Balaban J connectivity index is 1.59. The van der Waals surface area contributed by atoms with Gasteiger partial charge in [0.05, 0.1) is 5.41 Å². The van der Waals surface area contributed by atoms with Gasteiger partial charge in [-0.2, -0.15) is 0 Å². The Morgan fingerprint density at radius 2 is 1.86 bits per heavy atom. The average molecular weight is 316 g/mol. The van der Waals surface area contributed by atoms with Crippen molar-refractivity contribution in [2.75, 3.05) is 12.1 Å². The maximum absolute atomic E-state index is 12.7. The molecule has 1 saturated carbocycles. The number of fused-ring (bicyclic) bond motifs is 1. The second kappa shape index (κ2) is 4.92. The van der Waals surface area contributed by atoms with Crippen molar-refractivity contribution in [1.29, 1.82) is 0 Å². The SMILES string of the molecule is O=C(Nc1ccc2c(c1)OCO2)C1(c2ccccc2Cl)CC1. The van der Waals surface area contributed by atoms with Gasteiger partial charge in [0.25, 0.3) is 0 Å². The highest BCUT2D eigenvalue weighted by Crippen LogP contribution is 2.51. The lowest BCUT2D eigenvalue weighted by Gasteiger charge is -2.17. The molecule has 1 aliphatic carbocycles. The van der Waals surface area contributed by atoms with Crippen molar-refractivity contribution in [2.45, 2.75) is 18.3 Å². The standard InChI is InChI=1S/C17H14ClNO3/c18-13-4-2-1-3-12(13)17(7-8-17)16(20)19-11-5-6-14-15(9-11)22-10-21-14/h1-6,9H,7-8,10H2,(H,19,20). The number of carbonyl (C=O) groups excluding carboxylic acids is 1. The molecule has 2 aromatic rings. The quantitative estimate of drug-likeness (QED) is 0.938. The zero-order valence-electron chi connectivity index (χ0n) is 11.8. The molecule has 1 fully saturated rings. The van der Waals surface area contributed by atoms with E-state index in [4.69, 9.17) is 21.1 Å². The Bertz CT molecular complexity index is 755. The molecule has 22 heavy (non-hydrogen) atoms. The number of benzene rings is 2. The second-order valence-electron chi connectivity index (χ2n) is 5.58. The van der Waals surface area contributed by atoms with Crippen molar-refractivity contribution in [3.8, 4) is 11.5 Å². The summed E-state index contributed by atoms with van der Waals surface area (Å²) >= 11 is 6.26. The first-order valence-electron chi connectivity index (χ1n) is 7.15. The fourth-order valence-corrected chi connectivity index (χ4v) is 3.13. The summed E-state index contributed by atoms with van der Waals surface area (Å²) in [4.78, 5) is 12.7. The Morgan fingerprint density at radius 3 is 2.64 bits per heavy atom. The van der Waals surface area contributed by atoms with Crippen LogP contribution in [0.25, 0.3) is 0 Å². The fraction of sp³-hybridized carbons (Fsp3) is 0.235. The van der Waals surface area contributed by atoms with E-state index in [1.165, 1.54) is 0 Å². The number of nitrogens with one attached hydrogen (secondary N) is 1. The molecule has 5 heteroatoms. The predicted octanol–water partition coefficient (Wildman–Crippen LogP) is 3.74. The highest BCUT2D eigenvalue weighted by atomic mass is 35.5. The van der Waals surface area contributed by atoms with Gasteiger partial charge in [0.1, 0.15) is 0 Å². The summed E-state index contributed by atoms with van der Waals surface area (Å²) in [6, 6.07) is 12.9. The number of carbonyl (C=O) groups is 1. The first kappa shape index (κ1) is 13.5. The topological polar surface area (TPSA) is 47.6 Å². The lowest BCUT2D eigenvalue weighted by molar-refractivity contribution is -0.118. The minimum Gasteiger partial charge on any atom is -0.454 e. The fourth-order valence-electron chi connectivity index (χ4n) is 2.82. The van der Waals surface area contributed by atoms with Gasteiger partial charge < -0.3 is 14.8 Å². The zero-order chi connectivity index (χ0) is 15.2. The van der Waals surface area contributed by atoms with E-state index in [1.807, 2.05) is 30.3 Å². The average Bonchev–Trinajstić information content (AvgIpc) is 3.19. The van der Waals surface area contributed by atoms with Gasteiger partial charge >= 0.3 is 0 Å². The van der Waals surface area contributed by atoms with Crippen molar-refractivity contribution in [3.63, 3.8) is 0 Å². The minimum absolute atomic E-state index is 0.0283.